The number of nitrogen functional groups attached to an aromatic ring is 1. The molecule has 1 fully saturated rings. The molecule has 1 aliphatic rings. The Bertz CT molecular complexity index is 562. The van der Waals surface area contributed by atoms with E-state index in [4.69, 9.17) is 5.73 Å². The topological polar surface area (TPSA) is 41.3 Å². The third-order valence-corrected chi connectivity index (χ3v) is 4.11. The van der Waals surface area contributed by atoms with Gasteiger partial charge in [0.05, 0.1) is 6.04 Å². The van der Waals surface area contributed by atoms with Crippen LogP contribution in [-0.2, 0) is 0 Å². The number of benzene rings is 2. The van der Waals surface area contributed by atoms with Crippen molar-refractivity contribution >= 4 is 5.69 Å². The minimum Gasteiger partial charge on any atom is -0.398 e. The molecule has 0 aliphatic carbocycles. The van der Waals surface area contributed by atoms with E-state index in [0.717, 1.165) is 24.3 Å². The molecule has 3 N–H and O–H groups in total. The van der Waals surface area contributed by atoms with Crippen molar-refractivity contribution in [1.29, 1.82) is 0 Å². The van der Waals surface area contributed by atoms with Crippen LogP contribution in [0, 0.1) is 0 Å². The van der Waals surface area contributed by atoms with Crippen LogP contribution in [0.2, 0.25) is 0 Å². The van der Waals surface area contributed by atoms with Crippen LogP contribution in [0.25, 0.3) is 0 Å². The Morgan fingerprint density at radius 3 is 2.24 bits per heavy atom. The molecule has 110 valence electrons. The van der Waals surface area contributed by atoms with Gasteiger partial charge in [0.15, 0.2) is 0 Å². The third kappa shape index (κ3) is 3.43. The SMILES string of the molecule is Nc1ccccc1C(NN1CCCCC1)c1ccccc1. The molecule has 1 unspecified atom stereocenters. The summed E-state index contributed by atoms with van der Waals surface area (Å²) in [7, 11) is 0. The summed E-state index contributed by atoms with van der Waals surface area (Å²) in [5.41, 5.74) is 13.1. The van der Waals surface area contributed by atoms with Crippen LogP contribution >= 0.6 is 0 Å². The normalized spacial score (nSPS) is 17.5. The number of hydrazine groups is 1. The summed E-state index contributed by atoms with van der Waals surface area (Å²) in [5, 5.41) is 2.34. The molecule has 3 rings (SSSR count). The largest absolute Gasteiger partial charge is 0.398 e. The highest BCUT2D eigenvalue weighted by Crippen LogP contribution is 2.27. The molecule has 1 aliphatic heterocycles. The van der Waals surface area contributed by atoms with Crippen molar-refractivity contribution in [3.8, 4) is 0 Å². The van der Waals surface area contributed by atoms with Crippen LogP contribution in [0.1, 0.15) is 36.4 Å². The lowest BCUT2D eigenvalue weighted by molar-refractivity contribution is 0.138. The van der Waals surface area contributed by atoms with Gasteiger partial charge in [-0.2, -0.15) is 0 Å². The monoisotopic (exact) mass is 281 g/mol. The molecule has 0 saturated carbocycles. The highest BCUT2D eigenvalue weighted by Gasteiger charge is 2.20. The lowest BCUT2D eigenvalue weighted by Gasteiger charge is -2.32. The third-order valence-electron chi connectivity index (χ3n) is 4.11. The maximum absolute atomic E-state index is 6.21. The summed E-state index contributed by atoms with van der Waals surface area (Å²) in [6, 6.07) is 18.8. The van der Waals surface area contributed by atoms with Crippen LogP contribution in [0.15, 0.2) is 54.6 Å². The van der Waals surface area contributed by atoms with Gasteiger partial charge in [0.1, 0.15) is 0 Å². The number of hydrogen-bond acceptors (Lipinski definition) is 3. The van der Waals surface area contributed by atoms with Crippen molar-refractivity contribution in [2.24, 2.45) is 0 Å². The molecule has 0 bridgehead atoms. The molecule has 1 saturated heterocycles. The Hall–Kier alpha value is -1.84. The van der Waals surface area contributed by atoms with E-state index in [1.54, 1.807) is 0 Å². The molecule has 0 amide bonds. The minimum absolute atomic E-state index is 0.116. The molecule has 3 heteroatoms. The number of piperidine rings is 1. The second-order valence-corrected chi connectivity index (χ2v) is 5.65. The molecule has 1 atom stereocenters. The first kappa shape index (κ1) is 14.1. The van der Waals surface area contributed by atoms with Gasteiger partial charge in [-0.25, -0.2) is 10.4 Å². The zero-order valence-electron chi connectivity index (χ0n) is 12.3. The van der Waals surface area contributed by atoms with Crippen molar-refractivity contribution in [3.05, 3.63) is 65.7 Å². The number of nitrogens with two attached hydrogens (primary N) is 1. The van der Waals surface area contributed by atoms with Gasteiger partial charge in [-0.1, -0.05) is 55.0 Å². The van der Waals surface area contributed by atoms with Gasteiger partial charge < -0.3 is 5.73 Å². The fourth-order valence-corrected chi connectivity index (χ4v) is 2.95. The van der Waals surface area contributed by atoms with Crippen LogP contribution < -0.4 is 11.2 Å². The predicted octanol–water partition coefficient (Wildman–Crippen LogP) is 3.35. The highest BCUT2D eigenvalue weighted by molar-refractivity contribution is 5.51. The quantitative estimate of drug-likeness (QED) is 0.844. The Balaban J connectivity index is 1.89. The molecule has 0 aromatic heterocycles. The fraction of sp³-hybridized carbons (Fsp3) is 0.333. The Morgan fingerprint density at radius 2 is 1.52 bits per heavy atom. The van der Waals surface area contributed by atoms with E-state index in [1.165, 1.54) is 24.8 Å². The zero-order chi connectivity index (χ0) is 14.5. The summed E-state index contributed by atoms with van der Waals surface area (Å²) in [4.78, 5) is 0. The first-order valence-corrected chi connectivity index (χ1v) is 7.75. The lowest BCUT2D eigenvalue weighted by Crippen LogP contribution is -2.44. The summed E-state index contributed by atoms with van der Waals surface area (Å²) in [6.07, 6.45) is 3.86. The molecular formula is C18H23N3. The van der Waals surface area contributed by atoms with Gasteiger partial charge in [-0.15, -0.1) is 0 Å². The highest BCUT2D eigenvalue weighted by atomic mass is 15.5. The molecule has 2 aromatic rings. The number of hydrogen-bond donors (Lipinski definition) is 2. The smallest absolute Gasteiger partial charge is 0.0734 e. The Kier molecular flexibility index (Phi) is 4.53. The number of nitrogens with one attached hydrogen (secondary N) is 1. The Labute approximate surface area is 126 Å². The lowest BCUT2D eigenvalue weighted by atomic mass is 9.98. The van der Waals surface area contributed by atoms with E-state index in [2.05, 4.69) is 52.9 Å². The van der Waals surface area contributed by atoms with Gasteiger partial charge in [0.2, 0.25) is 0 Å². The average molecular weight is 281 g/mol. The van der Waals surface area contributed by atoms with Crippen LogP contribution in [0.4, 0.5) is 5.69 Å². The van der Waals surface area contributed by atoms with E-state index in [1.807, 2.05) is 12.1 Å². The summed E-state index contributed by atoms with van der Waals surface area (Å²) >= 11 is 0. The molecular weight excluding hydrogens is 258 g/mol. The predicted molar refractivity (Wildman–Crippen MR) is 87.7 cm³/mol. The van der Waals surface area contributed by atoms with E-state index in [-0.39, 0.29) is 6.04 Å². The summed E-state index contributed by atoms with van der Waals surface area (Å²) < 4.78 is 0. The van der Waals surface area contributed by atoms with E-state index < -0.39 is 0 Å². The number of anilines is 1. The summed E-state index contributed by atoms with van der Waals surface area (Å²) in [5.74, 6) is 0. The molecule has 21 heavy (non-hydrogen) atoms. The van der Waals surface area contributed by atoms with Gasteiger partial charge in [0.25, 0.3) is 0 Å². The van der Waals surface area contributed by atoms with Gasteiger partial charge in [-0.3, -0.25) is 0 Å². The van der Waals surface area contributed by atoms with E-state index >= 15 is 0 Å². The van der Waals surface area contributed by atoms with Crippen LogP contribution in [0.3, 0.4) is 0 Å². The van der Waals surface area contributed by atoms with Gasteiger partial charge in [-0.05, 0) is 30.0 Å². The number of nitrogens with zero attached hydrogens (tertiary/aromatic N) is 1. The maximum Gasteiger partial charge on any atom is 0.0734 e. The molecule has 0 radical (unpaired) electrons. The zero-order valence-corrected chi connectivity index (χ0v) is 12.3. The van der Waals surface area contributed by atoms with Gasteiger partial charge in [0, 0.05) is 18.8 Å². The van der Waals surface area contributed by atoms with Crippen LogP contribution in [-0.4, -0.2) is 18.1 Å². The molecule has 1 heterocycles. The Morgan fingerprint density at radius 1 is 0.857 bits per heavy atom. The molecule has 0 spiro atoms. The first-order valence-electron chi connectivity index (χ1n) is 7.75. The second-order valence-electron chi connectivity index (χ2n) is 5.65. The van der Waals surface area contributed by atoms with Crippen molar-refractivity contribution < 1.29 is 0 Å². The maximum atomic E-state index is 6.21. The van der Waals surface area contributed by atoms with Crippen molar-refractivity contribution in [2.75, 3.05) is 18.8 Å². The molecule has 2 aromatic carbocycles. The fourth-order valence-electron chi connectivity index (χ4n) is 2.95. The van der Waals surface area contributed by atoms with E-state index in [0.29, 0.717) is 0 Å². The van der Waals surface area contributed by atoms with Crippen molar-refractivity contribution in [3.63, 3.8) is 0 Å². The van der Waals surface area contributed by atoms with Gasteiger partial charge >= 0.3 is 0 Å². The summed E-state index contributed by atoms with van der Waals surface area (Å²) in [6.45, 7) is 2.21. The number of para-hydroxylation sites is 1. The van der Waals surface area contributed by atoms with Crippen molar-refractivity contribution in [1.82, 2.24) is 10.4 Å². The number of rotatable bonds is 4. The van der Waals surface area contributed by atoms with Crippen LogP contribution in [0.5, 0.6) is 0 Å². The second kappa shape index (κ2) is 6.74. The average Bonchev–Trinajstić information content (AvgIpc) is 2.55. The molecule has 3 nitrogen and oxygen atoms in total. The van der Waals surface area contributed by atoms with Crippen molar-refractivity contribution in [2.45, 2.75) is 25.3 Å². The standard InChI is InChI=1S/C18H23N3/c19-17-12-6-5-11-16(17)18(15-9-3-1-4-10-15)20-21-13-7-2-8-14-21/h1,3-6,9-12,18,20H,2,7-8,13-14,19H2. The first-order chi connectivity index (χ1) is 10.3. The minimum atomic E-state index is 0.116. The van der Waals surface area contributed by atoms with E-state index in [9.17, 15) is 0 Å².